The van der Waals surface area contributed by atoms with Crippen LogP contribution in [0.2, 0.25) is 0 Å². The van der Waals surface area contributed by atoms with Crippen LogP contribution in [0.5, 0.6) is 0 Å². The van der Waals surface area contributed by atoms with Crippen LogP contribution in [-0.2, 0) is 17.3 Å². The molecule has 1 aliphatic heterocycles. The van der Waals surface area contributed by atoms with Crippen LogP contribution in [0.1, 0.15) is 62.1 Å². The second-order valence-corrected chi connectivity index (χ2v) is 7.18. The Morgan fingerprint density at radius 1 is 1.17 bits per heavy atom. The van der Waals surface area contributed by atoms with Gasteiger partial charge in [-0.2, -0.15) is 8.78 Å². The minimum absolute atomic E-state index is 0.159. The van der Waals surface area contributed by atoms with E-state index in [2.05, 4.69) is 6.92 Å². The molecule has 128 valence electrons. The third-order valence-corrected chi connectivity index (χ3v) is 5.55. The lowest BCUT2D eigenvalue weighted by Gasteiger charge is -2.39. The van der Waals surface area contributed by atoms with Crippen LogP contribution in [0.4, 0.5) is 13.2 Å². The lowest BCUT2D eigenvalue weighted by molar-refractivity contribution is -0.292. The number of ether oxygens (including phenoxy) is 1. The molecule has 2 aliphatic rings. The fraction of sp³-hybridized carbons (Fsp3) is 0.684. The van der Waals surface area contributed by atoms with Crippen LogP contribution in [0.25, 0.3) is 0 Å². The molecule has 0 N–H and O–H groups in total. The van der Waals surface area contributed by atoms with Crippen molar-refractivity contribution in [2.75, 3.05) is 0 Å². The average molecular weight is 326 g/mol. The van der Waals surface area contributed by atoms with E-state index in [9.17, 15) is 13.2 Å². The van der Waals surface area contributed by atoms with Crippen molar-refractivity contribution < 1.29 is 17.9 Å². The third kappa shape index (κ3) is 3.28. The van der Waals surface area contributed by atoms with E-state index < -0.39 is 23.6 Å². The van der Waals surface area contributed by atoms with Crippen LogP contribution in [0, 0.1) is 24.6 Å². The normalized spacial score (nSPS) is 30.0. The highest BCUT2D eigenvalue weighted by Crippen LogP contribution is 2.45. The van der Waals surface area contributed by atoms with Gasteiger partial charge >= 0.3 is 6.11 Å². The number of halogens is 3. The van der Waals surface area contributed by atoms with Crippen molar-refractivity contribution in [2.45, 2.75) is 71.0 Å². The molecule has 1 aliphatic carbocycles. The van der Waals surface area contributed by atoms with Crippen molar-refractivity contribution in [2.24, 2.45) is 11.8 Å². The van der Waals surface area contributed by atoms with Gasteiger partial charge in [0.15, 0.2) is 0 Å². The molecule has 1 aromatic rings. The Morgan fingerprint density at radius 2 is 1.87 bits per heavy atom. The smallest absolute Gasteiger partial charge is 0.312 e. The Balaban J connectivity index is 1.76. The summed E-state index contributed by atoms with van der Waals surface area (Å²) >= 11 is 0. The van der Waals surface area contributed by atoms with Crippen LogP contribution in [0.15, 0.2) is 12.1 Å². The van der Waals surface area contributed by atoms with Crippen molar-refractivity contribution in [3.8, 4) is 0 Å². The molecule has 0 aromatic heterocycles. The van der Waals surface area contributed by atoms with Gasteiger partial charge in [0.05, 0.1) is 11.7 Å². The molecule has 1 atom stereocenters. The number of benzene rings is 1. The Hall–Kier alpha value is -1.03. The van der Waals surface area contributed by atoms with Crippen LogP contribution >= 0.6 is 0 Å². The monoisotopic (exact) mass is 326 g/mol. The maximum absolute atomic E-state index is 14.4. The molecule has 23 heavy (non-hydrogen) atoms. The average Bonchev–Trinajstić information content (AvgIpc) is 2.51. The summed E-state index contributed by atoms with van der Waals surface area (Å²) in [7, 11) is 0. The van der Waals surface area contributed by atoms with Crippen molar-refractivity contribution in [3.63, 3.8) is 0 Å². The minimum Gasteiger partial charge on any atom is -0.312 e. The SMILES string of the molecule is CCCC1CCC(C2Cc3ccc(C)c(F)c3C(F)(F)O2)CC1. The Morgan fingerprint density at radius 3 is 2.52 bits per heavy atom. The first kappa shape index (κ1) is 16.8. The molecule has 1 aromatic carbocycles. The van der Waals surface area contributed by atoms with Crippen molar-refractivity contribution in [1.82, 2.24) is 0 Å². The highest BCUT2D eigenvalue weighted by molar-refractivity contribution is 5.37. The van der Waals surface area contributed by atoms with E-state index in [0.29, 0.717) is 12.0 Å². The predicted molar refractivity (Wildman–Crippen MR) is 84.0 cm³/mol. The summed E-state index contributed by atoms with van der Waals surface area (Å²) in [6, 6.07) is 3.23. The van der Waals surface area contributed by atoms with Crippen molar-refractivity contribution >= 4 is 0 Å². The molecule has 1 heterocycles. The maximum Gasteiger partial charge on any atom is 0.386 e. The first-order valence-electron chi connectivity index (χ1n) is 8.76. The van der Waals surface area contributed by atoms with E-state index in [1.54, 1.807) is 12.1 Å². The van der Waals surface area contributed by atoms with Gasteiger partial charge in [0, 0.05) is 0 Å². The van der Waals surface area contributed by atoms with Gasteiger partial charge in [-0.1, -0.05) is 44.7 Å². The highest BCUT2D eigenvalue weighted by atomic mass is 19.3. The Bertz CT molecular complexity index is 562. The molecule has 1 saturated carbocycles. The fourth-order valence-electron chi connectivity index (χ4n) is 4.23. The third-order valence-electron chi connectivity index (χ3n) is 5.55. The summed E-state index contributed by atoms with van der Waals surface area (Å²) in [6.45, 7) is 3.69. The van der Waals surface area contributed by atoms with Gasteiger partial charge in [-0.3, -0.25) is 0 Å². The van der Waals surface area contributed by atoms with Crippen molar-refractivity contribution in [1.29, 1.82) is 0 Å². The van der Waals surface area contributed by atoms with Gasteiger partial charge in [0.1, 0.15) is 5.82 Å². The number of alkyl halides is 2. The van der Waals surface area contributed by atoms with E-state index in [-0.39, 0.29) is 11.5 Å². The van der Waals surface area contributed by atoms with Gasteiger partial charge in [-0.15, -0.1) is 0 Å². The van der Waals surface area contributed by atoms with Gasteiger partial charge in [0.25, 0.3) is 0 Å². The Kier molecular flexibility index (Phi) is 4.73. The van der Waals surface area contributed by atoms with Crippen LogP contribution < -0.4 is 0 Å². The second-order valence-electron chi connectivity index (χ2n) is 7.18. The fourth-order valence-corrected chi connectivity index (χ4v) is 4.23. The minimum atomic E-state index is -3.52. The van der Waals surface area contributed by atoms with Gasteiger partial charge in [-0.25, -0.2) is 4.39 Å². The molecule has 0 spiro atoms. The maximum atomic E-state index is 14.4. The van der Waals surface area contributed by atoms with Gasteiger partial charge < -0.3 is 4.74 Å². The summed E-state index contributed by atoms with van der Waals surface area (Å²) in [4.78, 5) is 0. The number of aryl methyl sites for hydroxylation is 1. The standard InChI is InChI=1S/C19H25F3O/c1-3-4-13-6-9-14(10-7-13)16-11-15-8-5-12(2)18(20)17(15)19(21,22)23-16/h5,8,13-14,16H,3-4,6-7,9-11H2,1-2H3. The van der Waals surface area contributed by atoms with E-state index in [1.165, 1.54) is 19.8 Å². The zero-order chi connectivity index (χ0) is 16.6. The molecule has 0 bridgehead atoms. The van der Waals surface area contributed by atoms with E-state index >= 15 is 0 Å². The lowest BCUT2D eigenvalue weighted by Crippen LogP contribution is -2.40. The highest BCUT2D eigenvalue weighted by Gasteiger charge is 2.47. The zero-order valence-electron chi connectivity index (χ0n) is 13.9. The molecule has 0 saturated heterocycles. The number of fused-ring (bicyclic) bond motifs is 1. The molecule has 1 unspecified atom stereocenters. The lowest BCUT2D eigenvalue weighted by atomic mass is 9.76. The topological polar surface area (TPSA) is 9.23 Å². The molecule has 0 radical (unpaired) electrons. The summed E-state index contributed by atoms with van der Waals surface area (Å²) in [6.07, 6.45) is 2.85. The van der Waals surface area contributed by atoms with E-state index in [1.807, 2.05) is 0 Å². The molecular weight excluding hydrogens is 301 g/mol. The van der Waals surface area contributed by atoms with E-state index in [4.69, 9.17) is 4.74 Å². The first-order chi connectivity index (χ1) is 10.9. The summed E-state index contributed by atoms with van der Waals surface area (Å²) in [5.41, 5.74) is 0.101. The summed E-state index contributed by atoms with van der Waals surface area (Å²) < 4.78 is 48.0. The molecule has 4 heteroatoms. The molecular formula is C19H25F3O. The number of rotatable bonds is 3. The molecule has 3 rings (SSSR count). The quantitative estimate of drug-likeness (QED) is 0.689. The number of hydrogen-bond donors (Lipinski definition) is 0. The Labute approximate surface area is 136 Å². The largest absolute Gasteiger partial charge is 0.386 e. The van der Waals surface area contributed by atoms with Gasteiger partial charge in [0.2, 0.25) is 0 Å². The van der Waals surface area contributed by atoms with E-state index in [0.717, 1.165) is 31.6 Å². The van der Waals surface area contributed by atoms with Gasteiger partial charge in [-0.05, 0) is 49.1 Å². The van der Waals surface area contributed by atoms with Crippen molar-refractivity contribution in [3.05, 3.63) is 34.6 Å². The second kappa shape index (κ2) is 6.46. The van der Waals surface area contributed by atoms with Crippen LogP contribution in [0.3, 0.4) is 0 Å². The summed E-state index contributed by atoms with van der Waals surface area (Å²) in [5.74, 6) is 0.0665. The molecule has 1 fully saturated rings. The number of hydrogen-bond acceptors (Lipinski definition) is 1. The summed E-state index contributed by atoms with van der Waals surface area (Å²) in [5, 5.41) is 0. The first-order valence-corrected chi connectivity index (χ1v) is 8.76. The predicted octanol–water partition coefficient (Wildman–Crippen LogP) is 5.73. The molecule has 1 nitrogen and oxygen atoms in total. The van der Waals surface area contributed by atoms with Crippen LogP contribution in [-0.4, -0.2) is 6.10 Å². The molecule has 0 amide bonds. The zero-order valence-corrected chi connectivity index (χ0v) is 13.9.